The lowest BCUT2D eigenvalue weighted by Crippen LogP contribution is -2.21. The summed E-state index contributed by atoms with van der Waals surface area (Å²) in [6.45, 7) is 10.8. The van der Waals surface area contributed by atoms with Crippen molar-refractivity contribution in [2.24, 2.45) is 5.92 Å². The van der Waals surface area contributed by atoms with Crippen LogP contribution >= 0.6 is 0 Å². The molecule has 1 heteroatoms. The zero-order valence-electron chi connectivity index (χ0n) is 10.9. The molecule has 0 unspecified atom stereocenters. The summed E-state index contributed by atoms with van der Waals surface area (Å²) in [5, 5.41) is 3.45. The van der Waals surface area contributed by atoms with Gasteiger partial charge in [0.1, 0.15) is 0 Å². The molecular formula is C15H23N. The summed E-state index contributed by atoms with van der Waals surface area (Å²) in [7, 11) is 0. The second kappa shape index (κ2) is 6.49. The molecule has 0 saturated carbocycles. The molecular weight excluding hydrogens is 194 g/mol. The summed E-state index contributed by atoms with van der Waals surface area (Å²) in [6.07, 6.45) is 2.25. The number of hydrogen-bond acceptors (Lipinski definition) is 1. The van der Waals surface area contributed by atoms with Crippen LogP contribution in [0.2, 0.25) is 0 Å². The van der Waals surface area contributed by atoms with E-state index < -0.39 is 0 Å². The summed E-state index contributed by atoms with van der Waals surface area (Å²) in [6, 6.07) is 8.60. The molecule has 0 heterocycles. The first-order valence-corrected chi connectivity index (χ1v) is 6.02. The van der Waals surface area contributed by atoms with Gasteiger partial charge in [0, 0.05) is 6.54 Å². The highest BCUT2D eigenvalue weighted by molar-refractivity contribution is 5.53. The lowest BCUT2D eigenvalue weighted by atomic mass is 10.1. The van der Waals surface area contributed by atoms with Gasteiger partial charge in [-0.15, -0.1) is 0 Å². The molecule has 0 aromatic heterocycles. The molecule has 1 aromatic carbocycles. The molecule has 1 N–H and O–H groups in total. The van der Waals surface area contributed by atoms with Crippen molar-refractivity contribution in [1.29, 1.82) is 0 Å². The summed E-state index contributed by atoms with van der Waals surface area (Å²) >= 11 is 0. The van der Waals surface area contributed by atoms with Gasteiger partial charge in [-0.1, -0.05) is 55.3 Å². The first kappa shape index (κ1) is 13.0. The largest absolute Gasteiger partial charge is 0.313 e. The number of benzene rings is 1. The fourth-order valence-electron chi connectivity index (χ4n) is 1.65. The van der Waals surface area contributed by atoms with Gasteiger partial charge in [0.15, 0.2) is 0 Å². The maximum atomic E-state index is 3.45. The Morgan fingerprint density at radius 1 is 1.38 bits per heavy atom. The predicted octanol–water partition coefficient (Wildman–Crippen LogP) is 3.64. The third-order valence-electron chi connectivity index (χ3n) is 2.41. The van der Waals surface area contributed by atoms with Gasteiger partial charge in [0.2, 0.25) is 0 Å². The average Bonchev–Trinajstić information content (AvgIpc) is 2.16. The predicted molar refractivity (Wildman–Crippen MR) is 72.5 cm³/mol. The van der Waals surface area contributed by atoms with E-state index in [0.29, 0.717) is 5.92 Å². The average molecular weight is 217 g/mol. The molecule has 0 bridgehead atoms. The monoisotopic (exact) mass is 217 g/mol. The topological polar surface area (TPSA) is 12.0 Å². The van der Waals surface area contributed by atoms with Crippen LogP contribution in [0.4, 0.5) is 0 Å². The van der Waals surface area contributed by atoms with E-state index in [9.17, 15) is 0 Å². The van der Waals surface area contributed by atoms with Crippen LogP contribution in [0.15, 0.2) is 29.8 Å². The van der Waals surface area contributed by atoms with Gasteiger partial charge < -0.3 is 5.32 Å². The lowest BCUT2D eigenvalue weighted by Gasteiger charge is -2.07. The molecule has 0 aliphatic heterocycles. The van der Waals surface area contributed by atoms with Crippen molar-refractivity contribution in [2.75, 3.05) is 13.1 Å². The highest BCUT2D eigenvalue weighted by Crippen LogP contribution is 2.08. The maximum Gasteiger partial charge on any atom is 0.0165 e. The van der Waals surface area contributed by atoms with Crippen LogP contribution in [0.3, 0.4) is 0 Å². The normalized spacial score (nSPS) is 12.2. The molecule has 0 radical (unpaired) electrons. The minimum absolute atomic E-state index is 0.715. The van der Waals surface area contributed by atoms with E-state index in [-0.39, 0.29) is 0 Å². The van der Waals surface area contributed by atoms with Crippen molar-refractivity contribution >= 4 is 6.08 Å². The SMILES string of the molecule is CC(=Cc1cccc(C)c1)CNCC(C)C. The molecule has 16 heavy (non-hydrogen) atoms. The molecule has 1 rings (SSSR count). The van der Waals surface area contributed by atoms with Gasteiger partial charge >= 0.3 is 0 Å². The number of nitrogens with one attached hydrogen (secondary N) is 1. The van der Waals surface area contributed by atoms with Crippen LogP contribution in [-0.2, 0) is 0 Å². The Morgan fingerprint density at radius 2 is 2.12 bits per heavy atom. The smallest absolute Gasteiger partial charge is 0.0165 e. The minimum atomic E-state index is 0.715. The molecule has 1 aromatic rings. The molecule has 0 aliphatic carbocycles. The van der Waals surface area contributed by atoms with Gasteiger partial charge in [-0.3, -0.25) is 0 Å². The molecule has 1 nitrogen and oxygen atoms in total. The van der Waals surface area contributed by atoms with Crippen LogP contribution in [0.1, 0.15) is 31.9 Å². The minimum Gasteiger partial charge on any atom is -0.313 e. The van der Waals surface area contributed by atoms with E-state index in [1.807, 2.05) is 0 Å². The lowest BCUT2D eigenvalue weighted by molar-refractivity contribution is 0.572. The van der Waals surface area contributed by atoms with Crippen molar-refractivity contribution < 1.29 is 0 Å². The fourth-order valence-corrected chi connectivity index (χ4v) is 1.65. The quantitative estimate of drug-likeness (QED) is 0.794. The van der Waals surface area contributed by atoms with Gasteiger partial charge in [-0.25, -0.2) is 0 Å². The fraction of sp³-hybridized carbons (Fsp3) is 0.467. The summed E-state index contributed by atoms with van der Waals surface area (Å²) in [5.74, 6) is 0.715. The molecule has 0 saturated heterocycles. The van der Waals surface area contributed by atoms with E-state index >= 15 is 0 Å². The Bertz CT molecular complexity index is 350. The van der Waals surface area contributed by atoms with Crippen molar-refractivity contribution in [3.05, 3.63) is 41.0 Å². The second-order valence-electron chi connectivity index (χ2n) is 4.93. The first-order chi connectivity index (χ1) is 7.58. The molecule has 0 amide bonds. The van der Waals surface area contributed by atoms with Crippen LogP contribution in [0, 0.1) is 12.8 Å². The zero-order chi connectivity index (χ0) is 12.0. The van der Waals surface area contributed by atoms with Crippen molar-refractivity contribution in [1.82, 2.24) is 5.32 Å². The number of rotatable bonds is 5. The summed E-state index contributed by atoms with van der Waals surface area (Å²) in [4.78, 5) is 0. The highest BCUT2D eigenvalue weighted by atomic mass is 14.8. The van der Waals surface area contributed by atoms with Crippen LogP contribution in [-0.4, -0.2) is 13.1 Å². The van der Waals surface area contributed by atoms with Crippen molar-refractivity contribution in [3.63, 3.8) is 0 Å². The van der Waals surface area contributed by atoms with Crippen LogP contribution < -0.4 is 5.32 Å². The Morgan fingerprint density at radius 3 is 2.75 bits per heavy atom. The number of hydrogen-bond donors (Lipinski definition) is 1. The summed E-state index contributed by atoms with van der Waals surface area (Å²) < 4.78 is 0. The second-order valence-corrected chi connectivity index (χ2v) is 4.93. The van der Waals surface area contributed by atoms with Gasteiger partial charge in [0.25, 0.3) is 0 Å². The van der Waals surface area contributed by atoms with E-state index in [1.165, 1.54) is 16.7 Å². The van der Waals surface area contributed by atoms with Gasteiger partial charge in [-0.2, -0.15) is 0 Å². The van der Waals surface area contributed by atoms with Crippen molar-refractivity contribution in [3.8, 4) is 0 Å². The summed E-state index contributed by atoms with van der Waals surface area (Å²) in [5.41, 5.74) is 3.99. The molecule has 0 atom stereocenters. The first-order valence-electron chi connectivity index (χ1n) is 6.02. The van der Waals surface area contributed by atoms with Gasteiger partial charge in [0.05, 0.1) is 0 Å². The molecule has 88 valence electrons. The standard InChI is InChI=1S/C15H23N/c1-12(2)10-16-11-14(4)9-15-7-5-6-13(3)8-15/h5-9,12,16H,10-11H2,1-4H3. The molecule has 0 spiro atoms. The van der Waals surface area contributed by atoms with E-state index in [1.54, 1.807) is 0 Å². The highest BCUT2D eigenvalue weighted by Gasteiger charge is 1.95. The maximum absolute atomic E-state index is 3.45. The Balaban J connectivity index is 2.49. The van der Waals surface area contributed by atoms with E-state index in [4.69, 9.17) is 0 Å². The van der Waals surface area contributed by atoms with Gasteiger partial charge in [-0.05, 0) is 31.9 Å². The zero-order valence-corrected chi connectivity index (χ0v) is 10.9. The number of aryl methyl sites for hydroxylation is 1. The van der Waals surface area contributed by atoms with Crippen LogP contribution in [0.25, 0.3) is 6.08 Å². The molecule has 0 aliphatic rings. The van der Waals surface area contributed by atoms with Crippen LogP contribution in [0.5, 0.6) is 0 Å². The van der Waals surface area contributed by atoms with E-state index in [2.05, 4.69) is 63.4 Å². The third-order valence-corrected chi connectivity index (χ3v) is 2.41. The van der Waals surface area contributed by atoms with Crippen molar-refractivity contribution in [2.45, 2.75) is 27.7 Å². The Hall–Kier alpha value is -1.08. The Kier molecular flexibility index (Phi) is 5.27. The van der Waals surface area contributed by atoms with E-state index in [0.717, 1.165) is 13.1 Å². The third kappa shape index (κ3) is 5.13. The molecule has 0 fully saturated rings. The Labute approximate surface area is 99.6 Å².